The van der Waals surface area contributed by atoms with Crippen molar-refractivity contribution in [1.82, 2.24) is 4.98 Å². The summed E-state index contributed by atoms with van der Waals surface area (Å²) in [5.74, 6) is 0.139. The number of hydrogen-bond acceptors (Lipinski definition) is 6. The standard InChI is InChI=1S/C12H12N4O3/c1-8-7-15(5-3-10(8)17)12-11(16(18)19)9(6-13)2-4-14-12/h2,4,8H,3,5,7H2,1H3. The maximum Gasteiger partial charge on any atom is 0.329 e. The molecule has 1 aromatic heterocycles. The molecule has 7 nitrogen and oxygen atoms in total. The van der Waals surface area contributed by atoms with Crippen molar-refractivity contribution < 1.29 is 9.72 Å². The van der Waals surface area contributed by atoms with E-state index in [1.807, 2.05) is 0 Å². The average Bonchev–Trinajstić information content (AvgIpc) is 2.40. The molecule has 0 radical (unpaired) electrons. The van der Waals surface area contributed by atoms with Gasteiger partial charge in [0.1, 0.15) is 17.4 Å². The van der Waals surface area contributed by atoms with E-state index >= 15 is 0 Å². The van der Waals surface area contributed by atoms with E-state index in [-0.39, 0.29) is 28.8 Å². The Morgan fingerprint density at radius 1 is 1.63 bits per heavy atom. The second-order valence-corrected chi connectivity index (χ2v) is 4.46. The highest BCUT2D eigenvalue weighted by molar-refractivity contribution is 5.83. The van der Waals surface area contributed by atoms with Crippen LogP contribution in [0.1, 0.15) is 18.9 Å². The van der Waals surface area contributed by atoms with Gasteiger partial charge >= 0.3 is 5.69 Å². The fraction of sp³-hybridized carbons (Fsp3) is 0.417. The Hall–Kier alpha value is -2.49. The van der Waals surface area contributed by atoms with E-state index in [2.05, 4.69) is 4.98 Å². The van der Waals surface area contributed by atoms with Crippen molar-refractivity contribution in [3.8, 4) is 6.07 Å². The lowest BCUT2D eigenvalue weighted by molar-refractivity contribution is -0.384. The van der Waals surface area contributed by atoms with Crippen LogP contribution in [0.5, 0.6) is 0 Å². The van der Waals surface area contributed by atoms with Crippen molar-refractivity contribution >= 4 is 17.3 Å². The van der Waals surface area contributed by atoms with Gasteiger partial charge in [0.05, 0.1) is 4.92 Å². The molecule has 0 spiro atoms. The van der Waals surface area contributed by atoms with E-state index in [1.165, 1.54) is 12.3 Å². The molecule has 2 heterocycles. The van der Waals surface area contributed by atoms with Crippen molar-refractivity contribution in [2.75, 3.05) is 18.0 Å². The third kappa shape index (κ3) is 2.38. The SMILES string of the molecule is CC1CN(c2nccc(C#N)c2[N+](=O)[O-])CCC1=O. The van der Waals surface area contributed by atoms with Gasteiger partial charge in [-0.25, -0.2) is 4.98 Å². The molecule has 1 unspecified atom stereocenters. The van der Waals surface area contributed by atoms with Crippen LogP contribution in [0.3, 0.4) is 0 Å². The van der Waals surface area contributed by atoms with Gasteiger partial charge in [0.15, 0.2) is 0 Å². The van der Waals surface area contributed by atoms with E-state index in [9.17, 15) is 14.9 Å². The number of pyridine rings is 1. The van der Waals surface area contributed by atoms with Crippen LogP contribution in [0.2, 0.25) is 0 Å². The maximum atomic E-state index is 11.5. The van der Waals surface area contributed by atoms with Gasteiger partial charge in [-0.2, -0.15) is 5.26 Å². The van der Waals surface area contributed by atoms with Crippen molar-refractivity contribution in [3.05, 3.63) is 27.9 Å². The smallest absolute Gasteiger partial charge is 0.329 e. The molecular formula is C12H12N4O3. The first-order chi connectivity index (χ1) is 9.04. The average molecular weight is 260 g/mol. The van der Waals surface area contributed by atoms with Gasteiger partial charge in [-0.05, 0) is 6.07 Å². The summed E-state index contributed by atoms with van der Waals surface area (Å²) in [7, 11) is 0. The molecular weight excluding hydrogens is 248 g/mol. The van der Waals surface area contributed by atoms with Gasteiger partial charge in [-0.15, -0.1) is 0 Å². The highest BCUT2D eigenvalue weighted by Gasteiger charge is 2.30. The number of carbonyl (C=O) groups excluding carboxylic acids is 1. The highest BCUT2D eigenvalue weighted by atomic mass is 16.6. The molecule has 1 aliphatic rings. The molecule has 0 saturated carbocycles. The van der Waals surface area contributed by atoms with Crippen LogP contribution in [0.4, 0.5) is 11.5 Å². The van der Waals surface area contributed by atoms with Crippen molar-refractivity contribution in [2.45, 2.75) is 13.3 Å². The molecule has 0 aromatic carbocycles. The first-order valence-electron chi connectivity index (χ1n) is 5.85. The van der Waals surface area contributed by atoms with Crippen LogP contribution in [-0.4, -0.2) is 28.8 Å². The molecule has 19 heavy (non-hydrogen) atoms. The first kappa shape index (κ1) is 13.0. The van der Waals surface area contributed by atoms with Gasteiger partial charge in [0.2, 0.25) is 5.82 Å². The lowest BCUT2D eigenvalue weighted by Gasteiger charge is -2.30. The van der Waals surface area contributed by atoms with E-state index in [0.29, 0.717) is 19.5 Å². The third-order valence-corrected chi connectivity index (χ3v) is 3.18. The van der Waals surface area contributed by atoms with Crippen LogP contribution in [0.25, 0.3) is 0 Å². The molecule has 1 aromatic rings. The predicted molar refractivity (Wildman–Crippen MR) is 66.6 cm³/mol. The van der Waals surface area contributed by atoms with E-state index in [0.717, 1.165) is 0 Å². The first-order valence-corrected chi connectivity index (χ1v) is 5.85. The number of nitrogens with zero attached hydrogens (tertiary/aromatic N) is 4. The van der Waals surface area contributed by atoms with Crippen molar-refractivity contribution in [2.24, 2.45) is 5.92 Å². The number of nitriles is 1. The number of carbonyl (C=O) groups is 1. The Morgan fingerprint density at radius 2 is 2.37 bits per heavy atom. The number of hydrogen-bond donors (Lipinski definition) is 0. The summed E-state index contributed by atoms with van der Waals surface area (Å²) in [5, 5.41) is 20.0. The summed E-state index contributed by atoms with van der Waals surface area (Å²) in [6.07, 6.45) is 1.72. The fourth-order valence-corrected chi connectivity index (χ4v) is 2.15. The quantitative estimate of drug-likeness (QED) is 0.586. The molecule has 1 fully saturated rings. The molecule has 1 aliphatic heterocycles. The molecule has 2 rings (SSSR count). The molecule has 0 amide bonds. The Balaban J connectivity index is 2.43. The van der Waals surface area contributed by atoms with Gasteiger partial charge in [0, 0.05) is 31.6 Å². The minimum absolute atomic E-state index is 0.0143. The number of piperidine rings is 1. The van der Waals surface area contributed by atoms with Crippen LogP contribution in [0.15, 0.2) is 12.3 Å². The van der Waals surface area contributed by atoms with Crippen LogP contribution in [-0.2, 0) is 4.79 Å². The Kier molecular flexibility index (Phi) is 3.42. The summed E-state index contributed by atoms with van der Waals surface area (Å²) in [4.78, 5) is 27.7. The Labute approximate surface area is 109 Å². The number of anilines is 1. The van der Waals surface area contributed by atoms with E-state index < -0.39 is 4.92 Å². The largest absolute Gasteiger partial charge is 0.350 e. The topological polar surface area (TPSA) is 100 Å². The summed E-state index contributed by atoms with van der Waals surface area (Å²) in [6.45, 7) is 2.57. The Morgan fingerprint density at radius 3 is 2.95 bits per heavy atom. The predicted octanol–water partition coefficient (Wildman–Crippen LogP) is 1.28. The second-order valence-electron chi connectivity index (χ2n) is 4.46. The number of nitro groups is 1. The number of rotatable bonds is 2. The molecule has 0 bridgehead atoms. The van der Waals surface area contributed by atoms with Crippen molar-refractivity contribution in [1.29, 1.82) is 5.26 Å². The van der Waals surface area contributed by atoms with Crippen LogP contribution >= 0.6 is 0 Å². The maximum absolute atomic E-state index is 11.5. The minimum Gasteiger partial charge on any atom is -0.350 e. The summed E-state index contributed by atoms with van der Waals surface area (Å²) < 4.78 is 0. The zero-order chi connectivity index (χ0) is 14.0. The Bertz CT molecular complexity index is 579. The van der Waals surface area contributed by atoms with Gasteiger partial charge in [-0.3, -0.25) is 14.9 Å². The van der Waals surface area contributed by atoms with Gasteiger partial charge in [-0.1, -0.05) is 6.92 Å². The molecule has 0 aliphatic carbocycles. The van der Waals surface area contributed by atoms with Crippen molar-refractivity contribution in [3.63, 3.8) is 0 Å². The molecule has 0 N–H and O–H groups in total. The number of aromatic nitrogens is 1. The zero-order valence-electron chi connectivity index (χ0n) is 10.4. The fourth-order valence-electron chi connectivity index (χ4n) is 2.15. The summed E-state index contributed by atoms with van der Waals surface area (Å²) in [6, 6.07) is 3.12. The molecule has 7 heteroatoms. The van der Waals surface area contributed by atoms with Gasteiger partial charge in [0.25, 0.3) is 0 Å². The molecule has 1 atom stereocenters. The molecule has 1 saturated heterocycles. The van der Waals surface area contributed by atoms with Crippen LogP contribution < -0.4 is 4.90 Å². The lowest BCUT2D eigenvalue weighted by atomic mass is 9.98. The van der Waals surface area contributed by atoms with E-state index in [4.69, 9.17) is 5.26 Å². The van der Waals surface area contributed by atoms with Crippen LogP contribution in [0, 0.1) is 27.4 Å². The minimum atomic E-state index is -0.595. The zero-order valence-corrected chi connectivity index (χ0v) is 10.4. The van der Waals surface area contributed by atoms with Gasteiger partial charge < -0.3 is 4.90 Å². The summed E-state index contributed by atoms with van der Waals surface area (Å²) in [5.41, 5.74) is -0.300. The highest BCUT2D eigenvalue weighted by Crippen LogP contribution is 2.31. The second kappa shape index (κ2) is 5.02. The number of Topliss-reactive ketones (excluding diaryl/α,β-unsaturated/α-hetero) is 1. The third-order valence-electron chi connectivity index (χ3n) is 3.18. The summed E-state index contributed by atoms with van der Waals surface area (Å²) >= 11 is 0. The normalized spacial score (nSPS) is 19.1. The lowest BCUT2D eigenvalue weighted by Crippen LogP contribution is -2.40. The number of ketones is 1. The molecule has 98 valence electrons. The van der Waals surface area contributed by atoms with E-state index in [1.54, 1.807) is 17.9 Å². The monoisotopic (exact) mass is 260 g/mol.